The SMILES string of the molecule is CC(C)[C@@H](NC(=O)c1ccc(Cl)c([N+](=O)[O-])c1)C(=O)OCc1c(Cl)cccc1Cl. The van der Waals surface area contributed by atoms with Crippen LogP contribution in [0.1, 0.15) is 29.8 Å². The quantitative estimate of drug-likeness (QED) is 0.355. The van der Waals surface area contributed by atoms with E-state index in [9.17, 15) is 19.7 Å². The fourth-order valence-corrected chi connectivity index (χ4v) is 3.11. The number of hydrogen-bond donors (Lipinski definition) is 1. The van der Waals surface area contributed by atoms with Crippen molar-refractivity contribution in [1.29, 1.82) is 0 Å². The molecule has 0 spiro atoms. The van der Waals surface area contributed by atoms with E-state index in [2.05, 4.69) is 5.32 Å². The Morgan fingerprint density at radius 2 is 1.72 bits per heavy atom. The number of ether oxygens (including phenoxy) is 1. The van der Waals surface area contributed by atoms with Crippen LogP contribution in [0.2, 0.25) is 15.1 Å². The smallest absolute Gasteiger partial charge is 0.329 e. The van der Waals surface area contributed by atoms with E-state index in [1.54, 1.807) is 32.0 Å². The molecule has 0 saturated heterocycles. The number of rotatable bonds is 7. The normalized spacial score (nSPS) is 11.8. The van der Waals surface area contributed by atoms with Crippen molar-refractivity contribution >= 4 is 52.4 Å². The van der Waals surface area contributed by atoms with Gasteiger partial charge in [0.25, 0.3) is 11.6 Å². The summed E-state index contributed by atoms with van der Waals surface area (Å²) in [7, 11) is 0. The van der Waals surface area contributed by atoms with Crippen molar-refractivity contribution in [3.63, 3.8) is 0 Å². The Labute approximate surface area is 182 Å². The lowest BCUT2D eigenvalue weighted by Gasteiger charge is -2.21. The van der Waals surface area contributed by atoms with Gasteiger partial charge in [0.1, 0.15) is 17.7 Å². The van der Waals surface area contributed by atoms with Crippen LogP contribution in [0.5, 0.6) is 0 Å². The van der Waals surface area contributed by atoms with Crippen molar-refractivity contribution in [2.45, 2.75) is 26.5 Å². The van der Waals surface area contributed by atoms with Gasteiger partial charge >= 0.3 is 5.97 Å². The predicted octanol–water partition coefficient (Wildman–Crippen LogP) is 5.05. The Balaban J connectivity index is 2.13. The highest BCUT2D eigenvalue weighted by molar-refractivity contribution is 6.36. The third kappa shape index (κ3) is 5.82. The van der Waals surface area contributed by atoms with Gasteiger partial charge in [-0.15, -0.1) is 0 Å². The third-order valence-electron chi connectivity index (χ3n) is 4.03. The lowest BCUT2D eigenvalue weighted by atomic mass is 10.0. The first-order valence-corrected chi connectivity index (χ1v) is 9.59. The second-order valence-corrected chi connectivity index (χ2v) is 7.65. The van der Waals surface area contributed by atoms with E-state index < -0.39 is 28.5 Å². The molecule has 0 unspecified atom stereocenters. The molecule has 0 aromatic heterocycles. The van der Waals surface area contributed by atoms with Gasteiger partial charge in [0.2, 0.25) is 0 Å². The summed E-state index contributed by atoms with van der Waals surface area (Å²) < 4.78 is 5.28. The largest absolute Gasteiger partial charge is 0.459 e. The van der Waals surface area contributed by atoms with Crippen LogP contribution >= 0.6 is 34.8 Å². The maximum atomic E-state index is 12.5. The van der Waals surface area contributed by atoms with E-state index in [0.717, 1.165) is 6.07 Å². The molecule has 10 heteroatoms. The highest BCUT2D eigenvalue weighted by Crippen LogP contribution is 2.26. The van der Waals surface area contributed by atoms with E-state index >= 15 is 0 Å². The minimum atomic E-state index is -0.988. The average molecular weight is 460 g/mol. The maximum Gasteiger partial charge on any atom is 0.329 e. The van der Waals surface area contributed by atoms with E-state index in [1.165, 1.54) is 12.1 Å². The van der Waals surface area contributed by atoms with E-state index in [0.29, 0.717) is 15.6 Å². The minimum absolute atomic E-state index is 0.00583. The van der Waals surface area contributed by atoms with Gasteiger partial charge in [-0.3, -0.25) is 14.9 Å². The molecule has 2 aromatic carbocycles. The number of amides is 1. The molecule has 1 N–H and O–H groups in total. The molecule has 29 heavy (non-hydrogen) atoms. The molecule has 0 fully saturated rings. The van der Waals surface area contributed by atoms with Crippen LogP contribution in [0.25, 0.3) is 0 Å². The topological polar surface area (TPSA) is 98.5 Å². The Hall–Kier alpha value is -2.35. The zero-order chi connectivity index (χ0) is 21.7. The van der Waals surface area contributed by atoms with Gasteiger partial charge in [-0.25, -0.2) is 4.79 Å². The number of esters is 1. The summed E-state index contributed by atoms with van der Waals surface area (Å²) in [5.41, 5.74) is 0.0383. The lowest BCUT2D eigenvalue weighted by Crippen LogP contribution is -2.45. The Bertz CT molecular complexity index is 929. The highest BCUT2D eigenvalue weighted by Gasteiger charge is 2.27. The summed E-state index contributed by atoms with van der Waals surface area (Å²) in [4.78, 5) is 35.3. The summed E-state index contributed by atoms with van der Waals surface area (Å²) in [6.07, 6.45) is 0. The molecule has 0 bridgehead atoms. The van der Waals surface area contributed by atoms with Crippen LogP contribution in [0.15, 0.2) is 36.4 Å². The van der Waals surface area contributed by atoms with Gasteiger partial charge in [0.05, 0.1) is 4.92 Å². The predicted molar refractivity (Wildman–Crippen MR) is 110 cm³/mol. The molecule has 0 radical (unpaired) electrons. The number of carbonyl (C=O) groups is 2. The van der Waals surface area contributed by atoms with Gasteiger partial charge in [0.15, 0.2) is 0 Å². The van der Waals surface area contributed by atoms with Gasteiger partial charge in [-0.2, -0.15) is 0 Å². The second-order valence-electron chi connectivity index (χ2n) is 6.43. The molecule has 0 aliphatic heterocycles. The van der Waals surface area contributed by atoms with Crippen LogP contribution in [-0.2, 0) is 16.1 Å². The van der Waals surface area contributed by atoms with E-state index in [-0.39, 0.29) is 23.1 Å². The summed E-state index contributed by atoms with van der Waals surface area (Å²) in [5, 5.41) is 14.1. The van der Waals surface area contributed by atoms with Gasteiger partial charge in [-0.05, 0) is 30.2 Å². The second kappa shape index (κ2) is 9.91. The number of carbonyl (C=O) groups excluding carboxylic acids is 2. The van der Waals surface area contributed by atoms with Crippen molar-refractivity contribution in [2.24, 2.45) is 5.92 Å². The number of nitro benzene ring substituents is 1. The number of nitrogens with zero attached hydrogens (tertiary/aromatic N) is 1. The Morgan fingerprint density at radius 1 is 1.10 bits per heavy atom. The molecule has 1 amide bonds. The zero-order valence-electron chi connectivity index (χ0n) is 15.4. The summed E-state index contributed by atoms with van der Waals surface area (Å²) in [6, 6.07) is 7.53. The van der Waals surface area contributed by atoms with E-state index in [4.69, 9.17) is 39.5 Å². The number of nitro groups is 1. The molecule has 0 heterocycles. The average Bonchev–Trinajstić information content (AvgIpc) is 2.65. The van der Waals surface area contributed by atoms with Gasteiger partial charge < -0.3 is 10.1 Å². The molecule has 7 nitrogen and oxygen atoms in total. The summed E-state index contributed by atoms with van der Waals surface area (Å²) >= 11 is 17.9. The molecular formula is C19H17Cl3N2O5. The number of halogens is 3. The number of hydrogen-bond acceptors (Lipinski definition) is 5. The first-order chi connectivity index (χ1) is 13.6. The lowest BCUT2D eigenvalue weighted by molar-refractivity contribution is -0.384. The first-order valence-electron chi connectivity index (χ1n) is 8.46. The molecule has 154 valence electrons. The summed E-state index contributed by atoms with van der Waals surface area (Å²) in [5.74, 6) is -1.67. The molecular weight excluding hydrogens is 443 g/mol. The Morgan fingerprint density at radius 3 is 2.28 bits per heavy atom. The highest BCUT2D eigenvalue weighted by atomic mass is 35.5. The van der Waals surface area contributed by atoms with Crippen molar-refractivity contribution < 1.29 is 19.2 Å². The van der Waals surface area contributed by atoms with Gasteiger partial charge in [-0.1, -0.05) is 54.7 Å². The van der Waals surface area contributed by atoms with Crippen molar-refractivity contribution in [2.75, 3.05) is 0 Å². The number of nitrogens with one attached hydrogen (secondary N) is 1. The van der Waals surface area contributed by atoms with Crippen LogP contribution < -0.4 is 5.32 Å². The monoisotopic (exact) mass is 458 g/mol. The molecule has 0 aliphatic carbocycles. The standard InChI is InChI=1S/C19H17Cl3N2O5/c1-10(2)17(19(26)29-9-12-13(20)4-3-5-14(12)21)23-18(25)11-6-7-15(22)16(8-11)24(27)28/h3-8,10,17H,9H2,1-2H3,(H,23,25)/t17-/m1/s1. The van der Waals surface area contributed by atoms with Crippen molar-refractivity contribution in [3.8, 4) is 0 Å². The first kappa shape index (κ1) is 22.9. The van der Waals surface area contributed by atoms with Crippen molar-refractivity contribution in [3.05, 3.63) is 72.7 Å². The molecule has 2 rings (SSSR count). The third-order valence-corrected chi connectivity index (χ3v) is 5.06. The van der Waals surface area contributed by atoms with Crippen LogP contribution in [0, 0.1) is 16.0 Å². The van der Waals surface area contributed by atoms with Crippen molar-refractivity contribution in [1.82, 2.24) is 5.32 Å². The fourth-order valence-electron chi connectivity index (χ4n) is 2.42. The molecule has 0 aliphatic rings. The van der Waals surface area contributed by atoms with Crippen LogP contribution in [0.3, 0.4) is 0 Å². The number of benzene rings is 2. The minimum Gasteiger partial charge on any atom is -0.459 e. The zero-order valence-corrected chi connectivity index (χ0v) is 17.7. The molecule has 2 aromatic rings. The van der Waals surface area contributed by atoms with Crippen LogP contribution in [-0.4, -0.2) is 22.8 Å². The maximum absolute atomic E-state index is 12.5. The summed E-state index contributed by atoms with van der Waals surface area (Å²) in [6.45, 7) is 3.28. The van der Waals surface area contributed by atoms with Gasteiger partial charge in [0, 0.05) is 27.2 Å². The van der Waals surface area contributed by atoms with Crippen LogP contribution in [0.4, 0.5) is 5.69 Å². The molecule has 0 saturated carbocycles. The molecule has 1 atom stereocenters. The fraction of sp³-hybridized carbons (Fsp3) is 0.263. The Kier molecular flexibility index (Phi) is 7.84. The van der Waals surface area contributed by atoms with E-state index in [1.807, 2.05) is 0 Å².